The van der Waals surface area contributed by atoms with E-state index < -0.39 is 59.1 Å². The highest BCUT2D eigenvalue weighted by Crippen LogP contribution is 2.31. The number of hydrogen-bond acceptors (Lipinski definition) is 5. The molecular formula is C18H20F2N2O6. The van der Waals surface area contributed by atoms with Crippen LogP contribution in [0.25, 0.3) is 0 Å². The SMILES string of the molecule is CC(C)(C)OC(=O)CC[C@@H](C(N)=O)N1Cc2c(cc(F)c(C(=O)O)c2F)C1=O. The number of fused-ring (bicyclic) bond motifs is 1. The normalized spacial score (nSPS) is 14.6. The van der Waals surface area contributed by atoms with Crippen molar-refractivity contribution in [1.82, 2.24) is 4.90 Å². The van der Waals surface area contributed by atoms with Gasteiger partial charge in [0.15, 0.2) is 0 Å². The van der Waals surface area contributed by atoms with Gasteiger partial charge in [-0.2, -0.15) is 0 Å². The molecule has 1 heterocycles. The highest BCUT2D eigenvalue weighted by Gasteiger charge is 2.39. The number of primary amides is 1. The summed E-state index contributed by atoms with van der Waals surface area (Å²) in [7, 11) is 0. The Kier molecular flexibility index (Phi) is 5.72. The first-order valence-electron chi connectivity index (χ1n) is 8.39. The van der Waals surface area contributed by atoms with Gasteiger partial charge in [0.05, 0.1) is 12.1 Å². The number of carboxylic acid groups (broad SMARTS) is 1. The summed E-state index contributed by atoms with van der Waals surface area (Å²) in [4.78, 5) is 48.1. The Morgan fingerprint density at radius 1 is 1.32 bits per heavy atom. The van der Waals surface area contributed by atoms with Crippen LogP contribution >= 0.6 is 0 Å². The van der Waals surface area contributed by atoms with Crippen molar-refractivity contribution in [2.45, 2.75) is 51.8 Å². The van der Waals surface area contributed by atoms with Crippen molar-refractivity contribution in [2.75, 3.05) is 0 Å². The molecular weight excluding hydrogens is 378 g/mol. The Morgan fingerprint density at radius 3 is 2.43 bits per heavy atom. The van der Waals surface area contributed by atoms with Gasteiger partial charge in [0, 0.05) is 12.0 Å². The first kappa shape index (κ1) is 21.3. The average molecular weight is 398 g/mol. The van der Waals surface area contributed by atoms with Gasteiger partial charge in [-0.15, -0.1) is 0 Å². The zero-order chi connectivity index (χ0) is 21.4. The zero-order valence-corrected chi connectivity index (χ0v) is 15.5. The third-order valence-corrected chi connectivity index (χ3v) is 4.10. The molecule has 0 fully saturated rings. The topological polar surface area (TPSA) is 127 Å². The number of nitrogens with two attached hydrogens (primary N) is 1. The van der Waals surface area contributed by atoms with Crippen molar-refractivity contribution in [2.24, 2.45) is 5.73 Å². The number of rotatable bonds is 6. The number of amides is 2. The van der Waals surface area contributed by atoms with E-state index in [1.807, 2.05) is 0 Å². The van der Waals surface area contributed by atoms with Gasteiger partial charge in [0.2, 0.25) is 5.91 Å². The number of esters is 1. The average Bonchev–Trinajstić information content (AvgIpc) is 2.83. The monoisotopic (exact) mass is 398 g/mol. The van der Waals surface area contributed by atoms with E-state index >= 15 is 0 Å². The van der Waals surface area contributed by atoms with Crippen molar-refractivity contribution in [3.63, 3.8) is 0 Å². The molecule has 1 aromatic carbocycles. The predicted molar refractivity (Wildman–Crippen MR) is 91.3 cm³/mol. The van der Waals surface area contributed by atoms with Gasteiger partial charge in [-0.25, -0.2) is 13.6 Å². The van der Waals surface area contributed by atoms with Gasteiger partial charge >= 0.3 is 11.9 Å². The number of halogens is 2. The van der Waals surface area contributed by atoms with Crippen molar-refractivity contribution < 1.29 is 37.8 Å². The summed E-state index contributed by atoms with van der Waals surface area (Å²) in [5.41, 5.74) is 2.67. The zero-order valence-electron chi connectivity index (χ0n) is 15.5. The van der Waals surface area contributed by atoms with E-state index in [0.29, 0.717) is 6.07 Å². The number of carbonyl (C=O) groups excluding carboxylic acids is 3. The van der Waals surface area contributed by atoms with Crippen molar-refractivity contribution in [1.29, 1.82) is 0 Å². The van der Waals surface area contributed by atoms with Crippen molar-refractivity contribution >= 4 is 23.8 Å². The molecule has 1 aliphatic rings. The molecule has 0 aliphatic carbocycles. The fourth-order valence-corrected chi connectivity index (χ4v) is 2.95. The van der Waals surface area contributed by atoms with E-state index in [-0.39, 0.29) is 24.0 Å². The molecule has 0 unspecified atom stereocenters. The van der Waals surface area contributed by atoms with Crippen LogP contribution in [-0.2, 0) is 20.9 Å². The number of benzene rings is 1. The third kappa shape index (κ3) is 4.26. The molecule has 1 aromatic rings. The van der Waals surface area contributed by atoms with E-state index in [0.717, 1.165) is 4.90 Å². The van der Waals surface area contributed by atoms with Crippen LogP contribution in [0.2, 0.25) is 0 Å². The van der Waals surface area contributed by atoms with Crippen LogP contribution in [0.5, 0.6) is 0 Å². The highest BCUT2D eigenvalue weighted by atomic mass is 19.1. The molecule has 2 rings (SSSR count). The van der Waals surface area contributed by atoms with E-state index in [9.17, 15) is 28.0 Å². The van der Waals surface area contributed by atoms with Crippen LogP contribution in [0.4, 0.5) is 8.78 Å². The largest absolute Gasteiger partial charge is 0.477 e. The van der Waals surface area contributed by atoms with E-state index in [1.54, 1.807) is 20.8 Å². The first-order chi connectivity index (χ1) is 12.8. The molecule has 1 aliphatic heterocycles. The second kappa shape index (κ2) is 7.53. The van der Waals surface area contributed by atoms with E-state index in [1.165, 1.54) is 0 Å². The second-order valence-electron chi connectivity index (χ2n) is 7.35. The molecule has 28 heavy (non-hydrogen) atoms. The third-order valence-electron chi connectivity index (χ3n) is 4.10. The maximum absolute atomic E-state index is 14.4. The second-order valence-corrected chi connectivity index (χ2v) is 7.35. The summed E-state index contributed by atoms with van der Waals surface area (Å²) < 4.78 is 33.4. The number of aromatic carboxylic acids is 1. The Bertz CT molecular complexity index is 863. The smallest absolute Gasteiger partial charge is 0.341 e. The summed E-state index contributed by atoms with van der Waals surface area (Å²) in [5.74, 6) is -7.04. The van der Waals surface area contributed by atoms with E-state index in [4.69, 9.17) is 15.6 Å². The Morgan fingerprint density at radius 2 is 1.93 bits per heavy atom. The lowest BCUT2D eigenvalue weighted by Crippen LogP contribution is -2.45. The molecule has 0 saturated heterocycles. The molecule has 3 N–H and O–H groups in total. The summed E-state index contributed by atoms with van der Waals surface area (Å²) in [6.07, 6.45) is -0.415. The summed E-state index contributed by atoms with van der Waals surface area (Å²) >= 11 is 0. The van der Waals surface area contributed by atoms with E-state index in [2.05, 4.69) is 0 Å². The molecule has 10 heteroatoms. The molecule has 1 atom stereocenters. The Labute approximate surface area is 159 Å². The van der Waals surface area contributed by atoms with Crippen LogP contribution in [0.1, 0.15) is 59.9 Å². The molecule has 0 bridgehead atoms. The number of nitrogens with zero attached hydrogens (tertiary/aromatic N) is 1. The first-order valence-corrected chi connectivity index (χ1v) is 8.39. The van der Waals surface area contributed by atoms with Gasteiger partial charge in [0.25, 0.3) is 5.91 Å². The van der Waals surface area contributed by atoms with Gasteiger partial charge in [0.1, 0.15) is 28.8 Å². The minimum Gasteiger partial charge on any atom is -0.477 e. The van der Waals surface area contributed by atoms with Gasteiger partial charge < -0.3 is 20.5 Å². The van der Waals surface area contributed by atoms with Crippen molar-refractivity contribution in [3.05, 3.63) is 34.4 Å². The lowest BCUT2D eigenvalue weighted by molar-refractivity contribution is -0.155. The lowest BCUT2D eigenvalue weighted by atomic mass is 10.0. The molecule has 0 radical (unpaired) electrons. The minimum absolute atomic E-state index is 0.181. The van der Waals surface area contributed by atoms with Crippen LogP contribution in [0.3, 0.4) is 0 Å². The molecule has 0 saturated carbocycles. The van der Waals surface area contributed by atoms with Gasteiger partial charge in [-0.05, 0) is 33.3 Å². The fourth-order valence-electron chi connectivity index (χ4n) is 2.95. The van der Waals surface area contributed by atoms with Crippen molar-refractivity contribution in [3.8, 4) is 0 Å². The highest BCUT2D eigenvalue weighted by molar-refractivity contribution is 6.02. The molecule has 152 valence electrons. The summed E-state index contributed by atoms with van der Waals surface area (Å²) in [6.45, 7) is 4.51. The molecule has 2 amide bonds. The fraction of sp³-hybridized carbons (Fsp3) is 0.444. The Balaban J connectivity index is 2.26. The van der Waals surface area contributed by atoms with Crippen LogP contribution in [-0.4, -0.2) is 45.4 Å². The number of carboxylic acids is 1. The van der Waals surface area contributed by atoms with Crippen LogP contribution in [0, 0.1) is 11.6 Å². The van der Waals surface area contributed by atoms with Crippen LogP contribution in [0.15, 0.2) is 6.07 Å². The lowest BCUT2D eigenvalue weighted by Gasteiger charge is -2.25. The molecule has 0 aromatic heterocycles. The molecule has 0 spiro atoms. The van der Waals surface area contributed by atoms with Gasteiger partial charge in [-0.3, -0.25) is 14.4 Å². The number of ether oxygens (including phenoxy) is 1. The minimum atomic E-state index is -1.82. The number of hydrogen-bond donors (Lipinski definition) is 2. The number of carbonyl (C=O) groups is 4. The maximum Gasteiger partial charge on any atom is 0.341 e. The van der Waals surface area contributed by atoms with Gasteiger partial charge in [-0.1, -0.05) is 0 Å². The standard InChI is InChI=1S/C18H20F2N2O6/c1-18(2,3)28-12(23)5-4-11(15(21)24)22-7-9-8(16(22)25)6-10(19)13(14(9)20)17(26)27/h6,11H,4-5,7H2,1-3H3,(H2,21,24)(H,26,27)/t11-/m0/s1. The van der Waals surface area contributed by atoms with Crippen LogP contribution < -0.4 is 5.73 Å². The molecule has 8 nitrogen and oxygen atoms in total. The maximum atomic E-state index is 14.4. The summed E-state index contributed by atoms with van der Waals surface area (Å²) in [6, 6.07) is -0.654. The Hall–Kier alpha value is -3.04. The predicted octanol–water partition coefficient (Wildman–Crippen LogP) is 1.59. The quantitative estimate of drug-likeness (QED) is 0.701. The summed E-state index contributed by atoms with van der Waals surface area (Å²) in [5, 5.41) is 8.94.